The van der Waals surface area contributed by atoms with Gasteiger partial charge >= 0.3 is 0 Å². The molecule has 0 aromatic rings. The van der Waals surface area contributed by atoms with E-state index in [1.807, 2.05) is 12.3 Å². The average molecular weight is 150 g/mol. The summed E-state index contributed by atoms with van der Waals surface area (Å²) in [6.45, 7) is 6.43. The molecule has 1 aliphatic rings. The standard InChI is InChI=1S/C9H14N2/c1-8(2)9(3)4-5-10-6-7-11-9/h4-8H,1-3H3. The van der Waals surface area contributed by atoms with E-state index in [1.165, 1.54) is 0 Å². The molecule has 0 aromatic carbocycles. The Labute approximate surface area is 67.8 Å². The normalized spacial score (nSPS) is 29.5. The highest BCUT2D eigenvalue weighted by Gasteiger charge is 2.23. The van der Waals surface area contributed by atoms with Gasteiger partial charge in [-0.1, -0.05) is 13.8 Å². The lowest BCUT2D eigenvalue weighted by Crippen LogP contribution is -2.25. The number of aliphatic imine (C=N–C) groups is 2. The van der Waals surface area contributed by atoms with Crippen molar-refractivity contribution in [1.82, 2.24) is 0 Å². The second-order valence-electron chi connectivity index (χ2n) is 3.27. The van der Waals surface area contributed by atoms with Crippen LogP contribution in [0.4, 0.5) is 0 Å². The predicted molar refractivity (Wildman–Crippen MR) is 49.4 cm³/mol. The minimum absolute atomic E-state index is 0.0729. The molecule has 1 atom stereocenters. The summed E-state index contributed by atoms with van der Waals surface area (Å²) < 4.78 is 0. The van der Waals surface area contributed by atoms with Crippen molar-refractivity contribution in [2.75, 3.05) is 0 Å². The maximum atomic E-state index is 4.39. The van der Waals surface area contributed by atoms with E-state index < -0.39 is 0 Å². The first-order valence-electron chi connectivity index (χ1n) is 3.90. The second-order valence-corrected chi connectivity index (χ2v) is 3.27. The Bertz CT molecular complexity index is 196. The molecule has 1 unspecified atom stereocenters. The van der Waals surface area contributed by atoms with Gasteiger partial charge in [-0.15, -0.1) is 0 Å². The third kappa shape index (κ3) is 1.76. The maximum Gasteiger partial charge on any atom is 0.0800 e. The Hall–Kier alpha value is -0.920. The minimum atomic E-state index is -0.0729. The Morgan fingerprint density at radius 2 is 2.00 bits per heavy atom. The summed E-state index contributed by atoms with van der Waals surface area (Å²) in [5.74, 6) is 0.511. The van der Waals surface area contributed by atoms with Crippen molar-refractivity contribution in [1.29, 1.82) is 0 Å². The zero-order valence-corrected chi connectivity index (χ0v) is 7.28. The van der Waals surface area contributed by atoms with Gasteiger partial charge in [-0.25, -0.2) is 0 Å². The van der Waals surface area contributed by atoms with Crippen LogP contribution in [0.3, 0.4) is 0 Å². The fraction of sp³-hybridized carbons (Fsp3) is 0.556. The van der Waals surface area contributed by atoms with E-state index in [9.17, 15) is 0 Å². The molecule has 0 saturated heterocycles. The molecule has 0 N–H and O–H groups in total. The van der Waals surface area contributed by atoms with Gasteiger partial charge in [-0.05, 0) is 18.9 Å². The maximum absolute atomic E-state index is 4.39. The Balaban J connectivity index is 2.87. The number of hydrogen-bond acceptors (Lipinski definition) is 2. The highest BCUT2D eigenvalue weighted by molar-refractivity contribution is 6.16. The highest BCUT2D eigenvalue weighted by atomic mass is 14.9. The van der Waals surface area contributed by atoms with Crippen molar-refractivity contribution < 1.29 is 0 Å². The molecule has 0 bridgehead atoms. The van der Waals surface area contributed by atoms with Gasteiger partial charge < -0.3 is 0 Å². The van der Waals surface area contributed by atoms with Crippen molar-refractivity contribution in [2.24, 2.45) is 15.9 Å². The molecule has 11 heavy (non-hydrogen) atoms. The second kappa shape index (κ2) is 2.99. The van der Waals surface area contributed by atoms with Crippen LogP contribution < -0.4 is 0 Å². The van der Waals surface area contributed by atoms with Crippen LogP contribution in [0.15, 0.2) is 22.3 Å². The highest BCUT2D eigenvalue weighted by Crippen LogP contribution is 2.23. The summed E-state index contributed by atoms with van der Waals surface area (Å²) in [6, 6.07) is 0. The molecule has 0 radical (unpaired) electrons. The third-order valence-electron chi connectivity index (χ3n) is 2.17. The zero-order valence-electron chi connectivity index (χ0n) is 7.28. The van der Waals surface area contributed by atoms with E-state index in [4.69, 9.17) is 0 Å². The fourth-order valence-electron chi connectivity index (χ4n) is 0.861. The van der Waals surface area contributed by atoms with Gasteiger partial charge in [-0.2, -0.15) is 0 Å². The number of nitrogens with zero attached hydrogens (tertiary/aromatic N) is 2. The predicted octanol–water partition coefficient (Wildman–Crippen LogP) is 2.07. The number of hydrogen-bond donors (Lipinski definition) is 0. The smallest absolute Gasteiger partial charge is 0.0800 e. The molecule has 1 rings (SSSR count). The SMILES string of the molecule is CC(C)C1(C)C=CN=CC=N1. The Morgan fingerprint density at radius 1 is 1.27 bits per heavy atom. The lowest BCUT2D eigenvalue weighted by Gasteiger charge is -2.24. The van der Waals surface area contributed by atoms with Gasteiger partial charge in [0.05, 0.1) is 5.54 Å². The largest absolute Gasteiger partial charge is 0.281 e. The van der Waals surface area contributed by atoms with Gasteiger partial charge in [0.1, 0.15) is 0 Å². The molecule has 2 heteroatoms. The molecular formula is C9H14N2. The van der Waals surface area contributed by atoms with Crippen molar-refractivity contribution in [2.45, 2.75) is 26.3 Å². The lowest BCUT2D eigenvalue weighted by molar-refractivity contribution is 0.424. The van der Waals surface area contributed by atoms with Crippen LogP contribution in [0, 0.1) is 5.92 Å². The van der Waals surface area contributed by atoms with Gasteiger partial charge in [0.15, 0.2) is 0 Å². The van der Waals surface area contributed by atoms with Gasteiger partial charge in [0, 0.05) is 18.6 Å². The quantitative estimate of drug-likeness (QED) is 0.546. The first kappa shape index (κ1) is 8.18. The van der Waals surface area contributed by atoms with Gasteiger partial charge in [0.25, 0.3) is 0 Å². The molecule has 1 heterocycles. The first-order chi connectivity index (χ1) is 5.15. The zero-order chi connectivity index (χ0) is 8.32. The van der Waals surface area contributed by atoms with E-state index in [2.05, 4.69) is 30.8 Å². The fourth-order valence-corrected chi connectivity index (χ4v) is 0.861. The summed E-state index contributed by atoms with van der Waals surface area (Å²) in [6.07, 6.45) is 7.33. The first-order valence-corrected chi connectivity index (χ1v) is 3.90. The molecule has 0 aliphatic carbocycles. The van der Waals surface area contributed by atoms with Crippen molar-refractivity contribution in [3.8, 4) is 0 Å². The molecule has 0 fully saturated rings. The Morgan fingerprint density at radius 3 is 2.64 bits per heavy atom. The summed E-state index contributed by atoms with van der Waals surface area (Å²) >= 11 is 0. The number of rotatable bonds is 1. The lowest BCUT2D eigenvalue weighted by atomic mass is 9.89. The molecule has 0 spiro atoms. The van der Waals surface area contributed by atoms with Crippen molar-refractivity contribution in [3.05, 3.63) is 12.3 Å². The summed E-state index contributed by atoms with van der Waals surface area (Å²) in [7, 11) is 0. The summed E-state index contributed by atoms with van der Waals surface area (Å²) in [4.78, 5) is 8.39. The molecule has 60 valence electrons. The molecule has 0 amide bonds. The topological polar surface area (TPSA) is 24.7 Å². The van der Waals surface area contributed by atoms with Crippen LogP contribution in [0.5, 0.6) is 0 Å². The van der Waals surface area contributed by atoms with Gasteiger partial charge in [-0.3, -0.25) is 9.98 Å². The molecule has 0 aromatic heterocycles. The van der Waals surface area contributed by atoms with E-state index in [0.717, 1.165) is 0 Å². The summed E-state index contributed by atoms with van der Waals surface area (Å²) in [5.41, 5.74) is -0.0729. The van der Waals surface area contributed by atoms with Crippen LogP contribution in [0.25, 0.3) is 0 Å². The van der Waals surface area contributed by atoms with Crippen LogP contribution in [0.1, 0.15) is 20.8 Å². The summed E-state index contributed by atoms with van der Waals surface area (Å²) in [5, 5.41) is 0. The van der Waals surface area contributed by atoms with E-state index in [0.29, 0.717) is 5.92 Å². The third-order valence-corrected chi connectivity index (χ3v) is 2.17. The average Bonchev–Trinajstić information content (AvgIpc) is 2.15. The van der Waals surface area contributed by atoms with Crippen molar-refractivity contribution >= 4 is 12.4 Å². The molecule has 1 aliphatic heterocycles. The van der Waals surface area contributed by atoms with Crippen LogP contribution in [0.2, 0.25) is 0 Å². The van der Waals surface area contributed by atoms with Crippen LogP contribution in [-0.4, -0.2) is 18.0 Å². The Kier molecular flexibility index (Phi) is 2.22. The minimum Gasteiger partial charge on any atom is -0.281 e. The van der Waals surface area contributed by atoms with E-state index >= 15 is 0 Å². The van der Waals surface area contributed by atoms with E-state index in [1.54, 1.807) is 12.4 Å². The van der Waals surface area contributed by atoms with Crippen LogP contribution in [-0.2, 0) is 0 Å². The van der Waals surface area contributed by atoms with Crippen LogP contribution >= 0.6 is 0 Å². The molecular weight excluding hydrogens is 136 g/mol. The molecule has 0 saturated carbocycles. The van der Waals surface area contributed by atoms with Crippen molar-refractivity contribution in [3.63, 3.8) is 0 Å². The monoisotopic (exact) mass is 150 g/mol. The van der Waals surface area contributed by atoms with E-state index in [-0.39, 0.29) is 5.54 Å². The van der Waals surface area contributed by atoms with Gasteiger partial charge in [0.2, 0.25) is 0 Å². The molecule has 2 nitrogen and oxygen atoms in total.